The van der Waals surface area contributed by atoms with E-state index in [2.05, 4.69) is 37.8 Å². The predicted octanol–water partition coefficient (Wildman–Crippen LogP) is 3.80. The topological polar surface area (TPSA) is 61.8 Å². The van der Waals surface area contributed by atoms with E-state index < -0.39 is 0 Å². The second-order valence-corrected chi connectivity index (χ2v) is 8.12. The van der Waals surface area contributed by atoms with Crippen LogP contribution in [0.4, 0.5) is 4.39 Å². The van der Waals surface area contributed by atoms with Gasteiger partial charge in [-0.1, -0.05) is 13.0 Å². The van der Waals surface area contributed by atoms with Gasteiger partial charge in [0.15, 0.2) is 17.5 Å². The van der Waals surface area contributed by atoms with Crippen LogP contribution < -0.4 is 15.4 Å². The van der Waals surface area contributed by atoms with Gasteiger partial charge >= 0.3 is 0 Å². The number of piperidine rings is 1. The Balaban J connectivity index is 0.00000320. The number of rotatable bonds is 7. The fourth-order valence-electron chi connectivity index (χ4n) is 3.46. The van der Waals surface area contributed by atoms with Crippen molar-refractivity contribution in [3.05, 3.63) is 45.7 Å². The van der Waals surface area contributed by atoms with Crippen molar-refractivity contribution in [1.82, 2.24) is 20.5 Å². The molecule has 1 aliphatic heterocycles. The lowest BCUT2D eigenvalue weighted by Crippen LogP contribution is -2.48. The van der Waals surface area contributed by atoms with Crippen molar-refractivity contribution in [3.63, 3.8) is 0 Å². The van der Waals surface area contributed by atoms with E-state index in [0.717, 1.165) is 61.1 Å². The summed E-state index contributed by atoms with van der Waals surface area (Å²) in [6.07, 6.45) is 3.02. The van der Waals surface area contributed by atoms with E-state index in [9.17, 15) is 4.39 Å². The van der Waals surface area contributed by atoms with Crippen molar-refractivity contribution in [2.45, 2.75) is 45.3 Å². The third-order valence-electron chi connectivity index (χ3n) is 5.11. The van der Waals surface area contributed by atoms with Crippen molar-refractivity contribution in [3.8, 4) is 5.75 Å². The highest BCUT2D eigenvalue weighted by Gasteiger charge is 2.20. The van der Waals surface area contributed by atoms with Crippen LogP contribution in [0.5, 0.6) is 5.75 Å². The maximum atomic E-state index is 13.9. The Morgan fingerprint density at radius 2 is 2.13 bits per heavy atom. The number of thiazole rings is 1. The third-order valence-corrected chi connectivity index (χ3v) is 6.16. The fourth-order valence-corrected chi connectivity index (χ4v) is 4.20. The van der Waals surface area contributed by atoms with E-state index >= 15 is 0 Å². The zero-order chi connectivity index (χ0) is 20.6. The largest absolute Gasteiger partial charge is 0.494 e. The molecule has 166 valence electrons. The molecule has 0 spiro atoms. The van der Waals surface area contributed by atoms with Gasteiger partial charge in [-0.25, -0.2) is 9.37 Å². The Bertz CT molecular complexity index is 823. The van der Waals surface area contributed by atoms with Gasteiger partial charge in [-0.3, -0.25) is 9.89 Å². The molecule has 2 N–H and O–H groups in total. The molecule has 1 aromatic carbocycles. The molecule has 3 rings (SSSR count). The zero-order valence-electron chi connectivity index (χ0n) is 17.8. The van der Waals surface area contributed by atoms with Gasteiger partial charge in [0.25, 0.3) is 0 Å². The Kier molecular flexibility index (Phi) is 10.3. The Hall–Kier alpha value is -1.46. The molecule has 1 aliphatic rings. The number of nitrogens with one attached hydrogen (secondary N) is 2. The number of nitrogens with zero attached hydrogens (tertiary/aromatic N) is 3. The molecule has 30 heavy (non-hydrogen) atoms. The number of methoxy groups -OCH3 is 1. The first-order valence-corrected chi connectivity index (χ1v) is 10.9. The number of aryl methyl sites for hydroxylation is 1. The molecule has 1 fully saturated rings. The van der Waals surface area contributed by atoms with Crippen molar-refractivity contribution in [1.29, 1.82) is 0 Å². The highest BCUT2D eigenvalue weighted by Crippen LogP contribution is 2.20. The number of hydrogen-bond acceptors (Lipinski definition) is 5. The normalized spacial score (nSPS) is 15.5. The second-order valence-electron chi connectivity index (χ2n) is 7.18. The molecule has 6 nitrogen and oxygen atoms in total. The monoisotopic (exact) mass is 547 g/mol. The standard InChI is InChI=1S/C21H30FN5OS.HI/c1-4-20-25-17(14-29-20)12-24-21(23-2)26-16-7-9-27(10-8-16)13-15-5-6-19(28-3)18(22)11-15;/h5-6,11,14,16H,4,7-10,12-13H2,1-3H3,(H2,23,24,26);1H. The minimum absolute atomic E-state index is 0. The lowest BCUT2D eigenvalue weighted by atomic mass is 10.0. The summed E-state index contributed by atoms with van der Waals surface area (Å²) >= 11 is 1.70. The number of aliphatic imine (C=N–C) groups is 1. The van der Waals surface area contributed by atoms with Gasteiger partial charge in [-0.05, 0) is 37.0 Å². The van der Waals surface area contributed by atoms with Crippen LogP contribution in [0, 0.1) is 5.82 Å². The van der Waals surface area contributed by atoms with Crippen LogP contribution in [-0.2, 0) is 19.5 Å². The first-order valence-electron chi connectivity index (χ1n) is 10.1. The van der Waals surface area contributed by atoms with Crippen molar-refractivity contribution in [2.24, 2.45) is 4.99 Å². The summed E-state index contributed by atoms with van der Waals surface area (Å²) in [5.41, 5.74) is 2.03. The van der Waals surface area contributed by atoms with Gasteiger partial charge in [0.2, 0.25) is 0 Å². The second kappa shape index (κ2) is 12.4. The average molecular weight is 547 g/mol. The van der Waals surface area contributed by atoms with E-state index in [1.807, 2.05) is 6.07 Å². The van der Waals surface area contributed by atoms with Crippen molar-refractivity contribution in [2.75, 3.05) is 27.2 Å². The Morgan fingerprint density at radius 1 is 1.37 bits per heavy atom. The van der Waals surface area contributed by atoms with E-state index in [1.165, 1.54) is 7.11 Å². The number of hydrogen-bond donors (Lipinski definition) is 2. The summed E-state index contributed by atoms with van der Waals surface area (Å²) in [6.45, 7) is 5.48. The summed E-state index contributed by atoms with van der Waals surface area (Å²) < 4.78 is 18.9. The lowest BCUT2D eigenvalue weighted by Gasteiger charge is -2.33. The number of guanidine groups is 1. The third kappa shape index (κ3) is 7.05. The highest BCUT2D eigenvalue weighted by molar-refractivity contribution is 14.0. The summed E-state index contributed by atoms with van der Waals surface area (Å²) in [5.74, 6) is 0.799. The molecule has 1 saturated heterocycles. The molecule has 2 aromatic rings. The lowest BCUT2D eigenvalue weighted by molar-refractivity contribution is 0.198. The highest BCUT2D eigenvalue weighted by atomic mass is 127. The van der Waals surface area contributed by atoms with Crippen LogP contribution in [-0.4, -0.2) is 49.1 Å². The molecule has 0 saturated carbocycles. The Labute approximate surface area is 199 Å². The van der Waals surface area contributed by atoms with Crippen molar-refractivity contribution >= 4 is 41.3 Å². The zero-order valence-corrected chi connectivity index (χ0v) is 20.9. The van der Waals surface area contributed by atoms with Gasteiger partial charge < -0.3 is 15.4 Å². The summed E-state index contributed by atoms with van der Waals surface area (Å²) in [4.78, 5) is 11.3. The molecule has 0 atom stereocenters. The van der Waals surface area contributed by atoms with Gasteiger partial charge in [0.05, 0.1) is 24.4 Å². The average Bonchev–Trinajstić information content (AvgIpc) is 3.20. The summed E-state index contributed by atoms with van der Waals surface area (Å²) in [7, 11) is 3.28. The maximum absolute atomic E-state index is 13.9. The van der Waals surface area contributed by atoms with Crippen LogP contribution in [0.15, 0.2) is 28.6 Å². The smallest absolute Gasteiger partial charge is 0.191 e. The van der Waals surface area contributed by atoms with E-state index in [1.54, 1.807) is 30.5 Å². The Morgan fingerprint density at radius 3 is 2.73 bits per heavy atom. The minimum atomic E-state index is -0.303. The predicted molar refractivity (Wildman–Crippen MR) is 131 cm³/mol. The molecular formula is C21H31FIN5OS. The summed E-state index contributed by atoms with van der Waals surface area (Å²) in [6, 6.07) is 5.57. The van der Waals surface area contributed by atoms with Gasteiger partial charge in [0.1, 0.15) is 0 Å². The minimum Gasteiger partial charge on any atom is -0.494 e. The van der Waals surface area contributed by atoms with Gasteiger partial charge in [0, 0.05) is 38.1 Å². The van der Waals surface area contributed by atoms with Crippen molar-refractivity contribution < 1.29 is 9.13 Å². The maximum Gasteiger partial charge on any atom is 0.191 e. The molecule has 1 aromatic heterocycles. The number of benzene rings is 1. The number of halogens is 2. The molecule has 2 heterocycles. The molecule has 0 unspecified atom stereocenters. The number of aromatic nitrogens is 1. The molecular weight excluding hydrogens is 516 g/mol. The molecule has 0 radical (unpaired) electrons. The quantitative estimate of drug-likeness (QED) is 0.314. The first-order chi connectivity index (χ1) is 14.1. The van der Waals surface area contributed by atoms with Crippen LogP contribution in [0.1, 0.15) is 36.0 Å². The van der Waals surface area contributed by atoms with Crippen LogP contribution in [0.2, 0.25) is 0 Å². The van der Waals surface area contributed by atoms with Crippen LogP contribution >= 0.6 is 35.3 Å². The van der Waals surface area contributed by atoms with Crippen LogP contribution in [0.25, 0.3) is 0 Å². The van der Waals surface area contributed by atoms with E-state index in [0.29, 0.717) is 18.3 Å². The van der Waals surface area contributed by atoms with E-state index in [-0.39, 0.29) is 29.8 Å². The van der Waals surface area contributed by atoms with Gasteiger partial charge in [-0.15, -0.1) is 35.3 Å². The summed E-state index contributed by atoms with van der Waals surface area (Å²) in [5, 5.41) is 10.1. The molecule has 0 bridgehead atoms. The molecule has 0 aliphatic carbocycles. The van der Waals surface area contributed by atoms with Gasteiger partial charge in [-0.2, -0.15) is 0 Å². The molecule has 0 amide bonds. The van der Waals surface area contributed by atoms with Crippen LogP contribution in [0.3, 0.4) is 0 Å². The fraction of sp³-hybridized carbons (Fsp3) is 0.524. The molecule has 9 heteroatoms. The first kappa shape index (κ1) is 24.8. The number of likely N-dealkylation sites (tertiary alicyclic amines) is 1. The number of ether oxygens (including phenoxy) is 1. The SMILES string of the molecule is CCc1nc(CNC(=NC)NC2CCN(Cc3ccc(OC)c(F)c3)CC2)cs1.I. The van der Waals surface area contributed by atoms with E-state index in [4.69, 9.17) is 4.74 Å².